The largest absolute Gasteiger partial charge is 0.264 e. The number of hydrogen-bond donors (Lipinski definition) is 0. The van der Waals surface area contributed by atoms with Gasteiger partial charge in [0.05, 0.1) is 0 Å². The molecule has 0 amide bonds. The van der Waals surface area contributed by atoms with E-state index in [1.165, 1.54) is 188 Å². The summed E-state index contributed by atoms with van der Waals surface area (Å²) in [6, 6.07) is 51.4. The van der Waals surface area contributed by atoms with Crippen LogP contribution < -0.4 is 0 Å². The molecule has 5 aromatic carbocycles. The first-order valence-corrected chi connectivity index (χ1v) is 29.9. The van der Waals surface area contributed by atoms with Crippen LogP contribution in [0.1, 0.15) is 153 Å². The van der Waals surface area contributed by atoms with Gasteiger partial charge in [0, 0.05) is 71.8 Å². The lowest BCUT2D eigenvalue weighted by Gasteiger charge is -2.22. The van der Waals surface area contributed by atoms with Gasteiger partial charge in [-0.2, -0.15) is 0 Å². The van der Waals surface area contributed by atoms with Gasteiger partial charge in [-0.1, -0.05) is 202 Å². The fraction of sp³-hybridized carbons (Fsp3) is 0.324. The van der Waals surface area contributed by atoms with Crippen molar-refractivity contribution in [3.63, 3.8) is 0 Å². The molecule has 398 valence electrons. The highest BCUT2D eigenvalue weighted by molar-refractivity contribution is 5.97. The zero-order valence-electron chi connectivity index (χ0n) is 47.3. The van der Waals surface area contributed by atoms with Gasteiger partial charge in [-0.15, -0.1) is 0 Å². The topological polar surface area (TPSA) is 51.6 Å². The minimum Gasteiger partial charge on any atom is -0.264 e. The summed E-state index contributed by atoms with van der Waals surface area (Å²) in [7, 11) is 0. The Morgan fingerprint density at radius 3 is 0.679 bits per heavy atom. The molecule has 0 spiro atoms. The van der Waals surface area contributed by atoms with Crippen LogP contribution in [-0.4, -0.2) is 19.9 Å². The van der Waals surface area contributed by atoms with Gasteiger partial charge in [-0.3, -0.25) is 19.9 Å². The average Bonchev–Trinajstić information content (AvgIpc) is 3.66. The lowest BCUT2D eigenvalue weighted by molar-refractivity contribution is 0.667. The second-order valence-electron chi connectivity index (χ2n) is 21.6. The van der Waals surface area contributed by atoms with Gasteiger partial charge in [0.15, 0.2) is 0 Å². The maximum Gasteiger partial charge on any atom is 0.0346 e. The van der Waals surface area contributed by atoms with Crippen molar-refractivity contribution in [3.8, 4) is 89.0 Å². The van der Waals surface area contributed by atoms with Crippen molar-refractivity contribution in [3.05, 3.63) is 205 Å². The summed E-state index contributed by atoms with van der Waals surface area (Å²) in [5, 5.41) is 0. The number of pyridine rings is 4. The van der Waals surface area contributed by atoms with Crippen molar-refractivity contribution in [2.24, 2.45) is 0 Å². The standard InChI is InChI=1S/C74H82N4/c1-5-9-13-17-25-55-45-59(33-37-67(55)63-29-21-41-75-51-63)71-49-73(61-35-39-69(65-31-23-43-77-53-65)57(47-61)27-19-15-11-7-3)74(62-36-40-70(66-32-24-44-78-54-66)58(48-62)28-20-16-12-8-4)50-72(71)60-34-38-68(64-30-22-42-76-52-64)56(46-60)26-18-14-10-6-2/h21-24,29-54H,5-20,25-28H2,1-4H3. The maximum absolute atomic E-state index is 4.60. The summed E-state index contributed by atoms with van der Waals surface area (Å²) in [5.74, 6) is 0. The van der Waals surface area contributed by atoms with Crippen molar-refractivity contribution < 1.29 is 0 Å². The van der Waals surface area contributed by atoms with Crippen LogP contribution in [0, 0.1) is 0 Å². The number of aryl methyl sites for hydroxylation is 4. The highest BCUT2D eigenvalue weighted by atomic mass is 14.6. The molecule has 4 heterocycles. The fourth-order valence-corrected chi connectivity index (χ4v) is 11.6. The van der Waals surface area contributed by atoms with E-state index in [1.54, 1.807) is 0 Å². The Morgan fingerprint density at radius 1 is 0.231 bits per heavy atom. The number of rotatable bonds is 28. The third-order valence-corrected chi connectivity index (χ3v) is 15.9. The number of aromatic nitrogens is 4. The van der Waals surface area contributed by atoms with E-state index in [-0.39, 0.29) is 0 Å². The minimum absolute atomic E-state index is 1.02. The fourth-order valence-electron chi connectivity index (χ4n) is 11.6. The highest BCUT2D eigenvalue weighted by Gasteiger charge is 2.21. The van der Waals surface area contributed by atoms with Crippen LogP contribution in [0.5, 0.6) is 0 Å². The van der Waals surface area contributed by atoms with E-state index < -0.39 is 0 Å². The van der Waals surface area contributed by atoms with Crippen LogP contribution in [0.25, 0.3) is 89.0 Å². The summed E-state index contributed by atoms with van der Waals surface area (Å²) in [6.07, 6.45) is 39.0. The van der Waals surface area contributed by atoms with Crippen molar-refractivity contribution >= 4 is 0 Å². The predicted octanol–water partition coefficient (Wildman–Crippen LogP) is 21.1. The molecule has 0 N–H and O–H groups in total. The van der Waals surface area contributed by atoms with Crippen molar-refractivity contribution in [1.82, 2.24) is 19.9 Å². The molecule has 4 nitrogen and oxygen atoms in total. The molecule has 0 aliphatic carbocycles. The maximum atomic E-state index is 4.60. The van der Waals surface area contributed by atoms with Gasteiger partial charge >= 0.3 is 0 Å². The Labute approximate surface area is 468 Å². The molecule has 0 unspecified atom stereocenters. The Balaban J connectivity index is 1.33. The Kier molecular flexibility index (Phi) is 20.5. The van der Waals surface area contributed by atoms with Gasteiger partial charge in [0.2, 0.25) is 0 Å². The number of nitrogens with zero attached hydrogens (tertiary/aromatic N) is 4. The van der Waals surface area contributed by atoms with E-state index >= 15 is 0 Å². The number of benzene rings is 5. The Hall–Kier alpha value is -7.30. The predicted molar refractivity (Wildman–Crippen MR) is 332 cm³/mol. The van der Waals surface area contributed by atoms with Gasteiger partial charge in [-0.25, -0.2) is 0 Å². The number of hydrogen-bond acceptors (Lipinski definition) is 4. The molecule has 4 heteroatoms. The van der Waals surface area contributed by atoms with Crippen LogP contribution >= 0.6 is 0 Å². The molecule has 4 aromatic heterocycles. The zero-order valence-corrected chi connectivity index (χ0v) is 47.3. The summed E-state index contributed by atoms with van der Waals surface area (Å²) in [6.45, 7) is 9.21. The third-order valence-electron chi connectivity index (χ3n) is 15.9. The molecule has 78 heavy (non-hydrogen) atoms. The van der Waals surface area contributed by atoms with Gasteiger partial charge < -0.3 is 0 Å². The van der Waals surface area contributed by atoms with Crippen molar-refractivity contribution in [2.75, 3.05) is 0 Å². The zero-order chi connectivity index (χ0) is 53.7. The minimum atomic E-state index is 1.02. The van der Waals surface area contributed by atoms with E-state index in [0.29, 0.717) is 0 Å². The lowest BCUT2D eigenvalue weighted by atomic mass is 9.82. The smallest absolute Gasteiger partial charge is 0.0346 e. The van der Waals surface area contributed by atoms with Gasteiger partial charge in [0.25, 0.3) is 0 Å². The normalized spacial score (nSPS) is 11.3. The first kappa shape index (κ1) is 55.5. The average molecular weight is 1030 g/mol. The SMILES string of the molecule is CCCCCCc1cc(-c2cc(-c3ccc(-c4cccnc4)c(CCCCCC)c3)c(-c3ccc(-c4cccnc4)c(CCCCCC)c3)cc2-c2ccc(-c3cccnc3)c(CCCCCC)c2)ccc1-c1cccnc1. The quantitative estimate of drug-likeness (QED) is 0.0459. The second-order valence-corrected chi connectivity index (χ2v) is 21.6. The van der Waals surface area contributed by atoms with Crippen molar-refractivity contribution in [2.45, 2.75) is 156 Å². The van der Waals surface area contributed by atoms with E-state index in [9.17, 15) is 0 Å². The summed E-state index contributed by atoms with van der Waals surface area (Å²) in [4.78, 5) is 18.4. The molecule has 0 radical (unpaired) electrons. The van der Waals surface area contributed by atoms with Crippen LogP contribution in [0.2, 0.25) is 0 Å². The van der Waals surface area contributed by atoms with Crippen LogP contribution in [-0.2, 0) is 25.7 Å². The third kappa shape index (κ3) is 14.2. The summed E-state index contributed by atoms with van der Waals surface area (Å²) in [5.41, 5.74) is 25.3. The van der Waals surface area contributed by atoms with Gasteiger partial charge in [-0.05, 0) is 177 Å². The molecular formula is C74H82N4. The molecule has 0 bridgehead atoms. The molecule has 0 saturated heterocycles. The molecule has 0 aliphatic heterocycles. The highest BCUT2D eigenvalue weighted by Crippen LogP contribution is 2.46. The first-order valence-electron chi connectivity index (χ1n) is 29.9. The van der Waals surface area contributed by atoms with E-state index in [2.05, 4.69) is 181 Å². The van der Waals surface area contributed by atoms with Crippen molar-refractivity contribution in [1.29, 1.82) is 0 Å². The van der Waals surface area contributed by atoms with Gasteiger partial charge in [0.1, 0.15) is 0 Å². The summed E-state index contributed by atoms with van der Waals surface area (Å²) < 4.78 is 0. The monoisotopic (exact) mass is 1030 g/mol. The van der Waals surface area contributed by atoms with E-state index in [0.717, 1.165) is 51.4 Å². The molecule has 0 saturated carbocycles. The molecule has 0 fully saturated rings. The lowest BCUT2D eigenvalue weighted by Crippen LogP contribution is -1.99. The Morgan fingerprint density at radius 2 is 0.474 bits per heavy atom. The van der Waals surface area contributed by atoms with Crippen LogP contribution in [0.15, 0.2) is 183 Å². The molecule has 9 rings (SSSR count). The molecular weight excluding hydrogens is 945 g/mol. The van der Waals surface area contributed by atoms with Crippen LogP contribution in [0.3, 0.4) is 0 Å². The second kappa shape index (κ2) is 28.9. The molecule has 0 atom stereocenters. The van der Waals surface area contributed by atoms with E-state index in [4.69, 9.17) is 0 Å². The first-order chi connectivity index (χ1) is 38.6. The van der Waals surface area contributed by atoms with E-state index in [1.807, 2.05) is 49.6 Å². The Bertz CT molecular complexity index is 2840. The van der Waals surface area contributed by atoms with Crippen LogP contribution in [0.4, 0.5) is 0 Å². The summed E-state index contributed by atoms with van der Waals surface area (Å²) >= 11 is 0. The molecule has 0 aliphatic rings. The number of unbranched alkanes of at least 4 members (excludes halogenated alkanes) is 12. The molecule has 9 aromatic rings.